The molecule has 0 radical (unpaired) electrons. The molecule has 1 aliphatic heterocycles. The molecule has 2 aromatic carbocycles. The van der Waals surface area contributed by atoms with Crippen LogP contribution in [0.1, 0.15) is 21.7 Å². The maximum atomic E-state index is 15.2. The smallest absolute Gasteiger partial charge is 0.354 e. The summed E-state index contributed by atoms with van der Waals surface area (Å²) in [4.78, 5) is 31.2. The Labute approximate surface area is 204 Å². The zero-order valence-corrected chi connectivity index (χ0v) is 19.7. The number of rotatable bonds is 5. The predicted molar refractivity (Wildman–Crippen MR) is 129 cm³/mol. The predicted octanol–water partition coefficient (Wildman–Crippen LogP) is 5.58. The minimum absolute atomic E-state index is 0.0345. The number of fused-ring (bicyclic) bond motifs is 2. The summed E-state index contributed by atoms with van der Waals surface area (Å²) >= 11 is 7.33. The van der Waals surface area contributed by atoms with E-state index in [0.29, 0.717) is 27.5 Å². The number of amides is 1. The van der Waals surface area contributed by atoms with Gasteiger partial charge in [-0.3, -0.25) is 4.79 Å². The maximum absolute atomic E-state index is 15.2. The first-order valence-corrected chi connectivity index (χ1v) is 11.8. The van der Waals surface area contributed by atoms with Gasteiger partial charge in [-0.2, -0.15) is 0 Å². The van der Waals surface area contributed by atoms with Gasteiger partial charge in [0.1, 0.15) is 17.3 Å². The molecule has 0 saturated heterocycles. The Bertz CT molecular complexity index is 1470. The Balaban J connectivity index is 1.57. The molecule has 0 spiro atoms. The lowest BCUT2D eigenvalue weighted by Gasteiger charge is -2.19. The highest BCUT2D eigenvalue weighted by molar-refractivity contribution is 7.99. The first kappa shape index (κ1) is 22.4. The van der Waals surface area contributed by atoms with E-state index in [0.717, 1.165) is 17.7 Å². The number of halogens is 2. The van der Waals surface area contributed by atoms with Gasteiger partial charge < -0.3 is 14.6 Å². The van der Waals surface area contributed by atoms with Crippen molar-refractivity contribution in [1.29, 1.82) is 0 Å². The van der Waals surface area contributed by atoms with Crippen LogP contribution < -0.4 is 4.90 Å². The van der Waals surface area contributed by atoms with Gasteiger partial charge in [-0.25, -0.2) is 14.2 Å². The first-order valence-electron chi connectivity index (χ1n) is 10.6. The van der Waals surface area contributed by atoms with Gasteiger partial charge in [-0.05, 0) is 49.2 Å². The van der Waals surface area contributed by atoms with Crippen LogP contribution in [-0.2, 0) is 17.8 Å². The molecule has 6 nitrogen and oxygen atoms in total. The molecule has 9 heteroatoms. The lowest BCUT2D eigenvalue weighted by Crippen LogP contribution is -2.32. The zero-order chi connectivity index (χ0) is 24.0. The van der Waals surface area contributed by atoms with E-state index < -0.39 is 11.8 Å². The molecule has 1 aliphatic rings. The highest BCUT2D eigenvalue weighted by Crippen LogP contribution is 2.40. The Morgan fingerprint density at radius 3 is 2.74 bits per heavy atom. The van der Waals surface area contributed by atoms with Crippen molar-refractivity contribution in [3.05, 3.63) is 82.4 Å². The summed E-state index contributed by atoms with van der Waals surface area (Å²) in [7, 11) is 0. The van der Waals surface area contributed by atoms with Crippen molar-refractivity contribution < 1.29 is 19.1 Å². The van der Waals surface area contributed by atoms with Crippen molar-refractivity contribution in [3.8, 4) is 0 Å². The molecule has 0 saturated carbocycles. The van der Waals surface area contributed by atoms with Crippen LogP contribution in [0.25, 0.3) is 10.9 Å². The quantitative estimate of drug-likeness (QED) is 0.391. The van der Waals surface area contributed by atoms with Gasteiger partial charge >= 0.3 is 5.97 Å². The number of hydrogen-bond donors (Lipinski definition) is 1. The van der Waals surface area contributed by atoms with Crippen LogP contribution in [-0.4, -0.2) is 33.1 Å². The standard InChI is InChI=1S/C25H19ClFN3O3S/c1-14-24(34-20-8-4-6-18(28-20)25(32)33)16-9-10-17(26)22(27)23(16)30(14)13-21(31)29-12-11-15-5-2-3-7-19(15)29/h2-10H,11-13H2,1H3,(H,32,33). The number of nitrogens with zero attached hydrogens (tertiary/aromatic N) is 3. The summed E-state index contributed by atoms with van der Waals surface area (Å²) in [5, 5.41) is 10.3. The Kier molecular flexibility index (Phi) is 5.79. The van der Waals surface area contributed by atoms with E-state index in [1.807, 2.05) is 31.2 Å². The third-order valence-electron chi connectivity index (χ3n) is 5.95. The van der Waals surface area contributed by atoms with Crippen LogP contribution in [0.2, 0.25) is 5.02 Å². The fraction of sp³-hybridized carbons (Fsp3) is 0.160. The van der Waals surface area contributed by atoms with E-state index in [2.05, 4.69) is 4.98 Å². The Hall–Kier alpha value is -3.36. The van der Waals surface area contributed by atoms with E-state index in [9.17, 15) is 14.7 Å². The number of benzene rings is 2. The second kappa shape index (κ2) is 8.77. The highest BCUT2D eigenvalue weighted by Gasteiger charge is 2.27. The first-order chi connectivity index (χ1) is 16.3. The van der Waals surface area contributed by atoms with Crippen LogP contribution in [0.5, 0.6) is 0 Å². The van der Waals surface area contributed by atoms with Crippen molar-refractivity contribution in [3.63, 3.8) is 0 Å². The second-order valence-corrected chi connectivity index (χ2v) is 9.39. The zero-order valence-electron chi connectivity index (χ0n) is 18.1. The normalized spacial score (nSPS) is 12.9. The van der Waals surface area contributed by atoms with Crippen LogP contribution >= 0.6 is 23.4 Å². The van der Waals surface area contributed by atoms with Crippen LogP contribution in [0.15, 0.2) is 64.5 Å². The number of carbonyl (C=O) groups is 2. The van der Waals surface area contributed by atoms with Crippen molar-refractivity contribution in [1.82, 2.24) is 9.55 Å². The molecule has 4 aromatic rings. The average molecular weight is 496 g/mol. The molecular formula is C25H19ClFN3O3S. The Morgan fingerprint density at radius 2 is 1.94 bits per heavy atom. The van der Waals surface area contributed by atoms with E-state index in [-0.39, 0.29) is 28.7 Å². The van der Waals surface area contributed by atoms with Gasteiger partial charge in [0.2, 0.25) is 5.91 Å². The molecule has 5 rings (SSSR count). The fourth-order valence-corrected chi connectivity index (χ4v) is 5.50. The summed E-state index contributed by atoms with van der Waals surface area (Å²) in [6.45, 7) is 2.33. The number of pyridine rings is 1. The number of aromatic carboxylic acids is 1. The van der Waals surface area contributed by atoms with Gasteiger partial charge in [0.05, 0.1) is 10.5 Å². The van der Waals surface area contributed by atoms with Crippen molar-refractivity contribution >= 4 is 51.8 Å². The van der Waals surface area contributed by atoms with E-state index in [4.69, 9.17) is 11.6 Å². The molecule has 1 amide bonds. The summed E-state index contributed by atoms with van der Waals surface area (Å²) in [6, 6.07) is 15.7. The number of carboxylic acids is 1. The highest BCUT2D eigenvalue weighted by atomic mass is 35.5. The number of aromatic nitrogens is 2. The van der Waals surface area contributed by atoms with Gasteiger partial charge in [-0.15, -0.1) is 0 Å². The second-order valence-electron chi connectivity index (χ2n) is 7.95. The molecule has 0 aliphatic carbocycles. The summed E-state index contributed by atoms with van der Waals surface area (Å²) < 4.78 is 16.9. The maximum Gasteiger partial charge on any atom is 0.354 e. The number of carbonyl (C=O) groups excluding carboxylic acids is 1. The van der Waals surface area contributed by atoms with E-state index in [1.165, 1.54) is 23.9 Å². The van der Waals surface area contributed by atoms with Crippen molar-refractivity contribution in [2.24, 2.45) is 0 Å². The van der Waals surface area contributed by atoms with Crippen LogP contribution in [0.4, 0.5) is 10.1 Å². The third kappa shape index (κ3) is 3.82. The van der Waals surface area contributed by atoms with Crippen LogP contribution in [0, 0.1) is 12.7 Å². The van der Waals surface area contributed by atoms with Crippen LogP contribution in [0.3, 0.4) is 0 Å². The van der Waals surface area contributed by atoms with Gasteiger partial charge in [0, 0.05) is 28.2 Å². The molecule has 172 valence electrons. The SMILES string of the molecule is Cc1c(Sc2cccc(C(=O)O)n2)c2ccc(Cl)c(F)c2n1CC(=O)N1CCc2ccccc21. The largest absolute Gasteiger partial charge is 0.477 e. The molecule has 34 heavy (non-hydrogen) atoms. The molecular weight excluding hydrogens is 477 g/mol. The minimum atomic E-state index is -1.13. The topological polar surface area (TPSA) is 75.4 Å². The molecule has 3 heterocycles. The lowest BCUT2D eigenvalue weighted by atomic mass is 10.2. The number of carboxylic acid groups (broad SMARTS) is 1. The lowest BCUT2D eigenvalue weighted by molar-refractivity contribution is -0.119. The molecule has 2 aromatic heterocycles. The van der Waals surface area contributed by atoms with Gasteiger partial charge in [0.15, 0.2) is 5.82 Å². The average Bonchev–Trinajstić information content (AvgIpc) is 3.37. The fourth-order valence-electron chi connectivity index (χ4n) is 4.31. The van der Waals surface area contributed by atoms with Gasteiger partial charge in [0.25, 0.3) is 0 Å². The van der Waals surface area contributed by atoms with Crippen molar-refractivity contribution in [2.75, 3.05) is 11.4 Å². The van der Waals surface area contributed by atoms with E-state index >= 15 is 4.39 Å². The number of anilines is 1. The molecule has 0 fully saturated rings. The monoisotopic (exact) mass is 495 g/mol. The van der Waals surface area contributed by atoms with E-state index in [1.54, 1.807) is 27.7 Å². The molecule has 0 bridgehead atoms. The Morgan fingerprint density at radius 1 is 1.15 bits per heavy atom. The summed E-state index contributed by atoms with van der Waals surface area (Å²) in [6.07, 6.45) is 0.778. The third-order valence-corrected chi connectivity index (χ3v) is 7.40. The number of hydrogen-bond acceptors (Lipinski definition) is 4. The van der Waals surface area contributed by atoms with Crippen molar-refractivity contribution in [2.45, 2.75) is 29.8 Å². The number of para-hydroxylation sites is 1. The molecule has 1 N–H and O–H groups in total. The summed E-state index contributed by atoms with van der Waals surface area (Å²) in [5.41, 5.74) is 2.82. The molecule has 0 unspecified atom stereocenters. The minimum Gasteiger partial charge on any atom is -0.477 e. The van der Waals surface area contributed by atoms with Gasteiger partial charge in [-0.1, -0.05) is 47.6 Å². The summed E-state index contributed by atoms with van der Waals surface area (Å²) in [5.74, 6) is -1.88. The molecule has 0 atom stereocenters.